The predicted octanol–water partition coefficient (Wildman–Crippen LogP) is 2.60. The first kappa shape index (κ1) is 24.8. The second-order valence-electron chi connectivity index (χ2n) is 7.38. The van der Waals surface area contributed by atoms with Crippen LogP contribution in [0.2, 0.25) is 5.02 Å². The fraction of sp³-hybridized carbons (Fsp3) is 0.684. The topological polar surface area (TPSA) is 48.0 Å². The van der Waals surface area contributed by atoms with Crippen LogP contribution < -0.4 is 10.1 Å². The van der Waals surface area contributed by atoms with Crippen LogP contribution in [0.25, 0.3) is 0 Å². The zero-order chi connectivity index (χ0) is 17.7. The second kappa shape index (κ2) is 11.7. The van der Waals surface area contributed by atoms with Gasteiger partial charge in [-0.25, -0.2) is 0 Å². The fourth-order valence-corrected chi connectivity index (χ4v) is 3.96. The molecule has 8 heteroatoms. The minimum atomic E-state index is -0.546. The molecule has 0 spiro atoms. The monoisotopic (exact) mass is 439 g/mol. The summed E-state index contributed by atoms with van der Waals surface area (Å²) in [7, 11) is 0. The number of hydrogen-bond acceptors (Lipinski definition) is 5. The largest absolute Gasteiger partial charge is 0.492 e. The van der Waals surface area contributed by atoms with Gasteiger partial charge in [0.1, 0.15) is 12.4 Å². The van der Waals surface area contributed by atoms with Crippen molar-refractivity contribution in [2.24, 2.45) is 0 Å². The van der Waals surface area contributed by atoms with E-state index in [-0.39, 0.29) is 24.8 Å². The summed E-state index contributed by atoms with van der Waals surface area (Å²) in [5.41, 5.74) is 0.530. The summed E-state index contributed by atoms with van der Waals surface area (Å²) >= 11 is 5.98. The van der Waals surface area contributed by atoms with E-state index in [1.165, 1.54) is 0 Å². The Morgan fingerprint density at radius 3 is 2.52 bits per heavy atom. The molecule has 0 aliphatic carbocycles. The van der Waals surface area contributed by atoms with Crippen molar-refractivity contribution in [3.8, 4) is 5.75 Å². The van der Waals surface area contributed by atoms with Gasteiger partial charge < -0.3 is 15.2 Å². The zero-order valence-electron chi connectivity index (χ0n) is 16.0. The number of aryl methyl sites for hydroxylation is 1. The lowest BCUT2D eigenvalue weighted by molar-refractivity contribution is -0.0263. The van der Waals surface area contributed by atoms with E-state index in [4.69, 9.17) is 16.3 Å². The molecule has 2 heterocycles. The van der Waals surface area contributed by atoms with Crippen molar-refractivity contribution < 1.29 is 9.84 Å². The maximum atomic E-state index is 10.7. The van der Waals surface area contributed by atoms with E-state index in [1.54, 1.807) is 0 Å². The van der Waals surface area contributed by atoms with Crippen LogP contribution in [0.1, 0.15) is 18.4 Å². The van der Waals surface area contributed by atoms with Gasteiger partial charge in [0.2, 0.25) is 0 Å². The summed E-state index contributed by atoms with van der Waals surface area (Å²) < 4.78 is 5.90. The molecule has 5 nitrogen and oxygen atoms in total. The van der Waals surface area contributed by atoms with E-state index in [9.17, 15) is 5.11 Å². The van der Waals surface area contributed by atoms with Crippen molar-refractivity contribution in [2.45, 2.75) is 25.4 Å². The van der Waals surface area contributed by atoms with Crippen LogP contribution in [0.3, 0.4) is 0 Å². The molecule has 2 fully saturated rings. The molecule has 0 amide bonds. The van der Waals surface area contributed by atoms with Gasteiger partial charge in [0.15, 0.2) is 0 Å². The molecule has 2 aliphatic rings. The highest BCUT2D eigenvalue weighted by Gasteiger charge is 2.32. The lowest BCUT2D eigenvalue weighted by Gasteiger charge is -2.41. The zero-order valence-corrected chi connectivity index (χ0v) is 18.3. The molecule has 3 rings (SSSR count). The Morgan fingerprint density at radius 2 is 1.89 bits per heavy atom. The summed E-state index contributed by atoms with van der Waals surface area (Å²) in [4.78, 5) is 4.83. The Labute approximate surface area is 180 Å². The van der Waals surface area contributed by atoms with E-state index >= 15 is 0 Å². The van der Waals surface area contributed by atoms with Gasteiger partial charge in [-0.15, -0.1) is 24.8 Å². The molecular weight excluding hydrogens is 409 g/mol. The highest BCUT2D eigenvalue weighted by molar-refractivity contribution is 6.30. The summed E-state index contributed by atoms with van der Waals surface area (Å²) in [6, 6.07) is 5.74. The van der Waals surface area contributed by atoms with Gasteiger partial charge in [-0.2, -0.15) is 0 Å². The van der Waals surface area contributed by atoms with Crippen LogP contribution >= 0.6 is 36.4 Å². The number of β-amino-alcohol motifs (C(OH)–C–C–N with tert-alkyl or cyclic N) is 1. The number of nitrogens with zero attached hydrogens (tertiary/aromatic N) is 2. The third-order valence-corrected chi connectivity index (χ3v) is 5.47. The molecule has 2 aliphatic heterocycles. The van der Waals surface area contributed by atoms with Gasteiger partial charge in [0, 0.05) is 50.8 Å². The van der Waals surface area contributed by atoms with Gasteiger partial charge in [-0.05, 0) is 50.1 Å². The number of halogens is 3. The first-order valence-electron chi connectivity index (χ1n) is 9.31. The highest BCUT2D eigenvalue weighted by Crippen LogP contribution is 2.22. The molecule has 1 aromatic carbocycles. The standard InChI is InChI=1S/C19H30ClN3O2.2ClH/c1-16-13-17(20)3-4-18(16)25-12-11-22-7-9-23(10-8-22)15-19(24)5-2-6-21-14-19;;/h3-4,13,21,24H,2,5-12,14-15H2,1H3;2*1H. The lowest BCUT2D eigenvalue weighted by atomic mass is 9.93. The number of hydrogen-bond donors (Lipinski definition) is 2. The molecule has 156 valence electrons. The lowest BCUT2D eigenvalue weighted by Crippen LogP contribution is -2.56. The van der Waals surface area contributed by atoms with Gasteiger partial charge in [-0.3, -0.25) is 9.80 Å². The van der Waals surface area contributed by atoms with Gasteiger partial charge in [-0.1, -0.05) is 11.6 Å². The average Bonchev–Trinajstić information content (AvgIpc) is 2.59. The van der Waals surface area contributed by atoms with Crippen molar-refractivity contribution >= 4 is 36.4 Å². The van der Waals surface area contributed by atoms with Gasteiger partial charge >= 0.3 is 0 Å². The molecule has 0 bridgehead atoms. The van der Waals surface area contributed by atoms with Crippen molar-refractivity contribution in [3.63, 3.8) is 0 Å². The summed E-state index contributed by atoms with van der Waals surface area (Å²) in [6.07, 6.45) is 1.98. The molecule has 2 N–H and O–H groups in total. The molecule has 1 atom stereocenters. The number of aliphatic hydroxyl groups is 1. The minimum absolute atomic E-state index is 0. The smallest absolute Gasteiger partial charge is 0.122 e. The van der Waals surface area contributed by atoms with Crippen molar-refractivity contribution in [2.75, 3.05) is 59.0 Å². The molecule has 2 saturated heterocycles. The minimum Gasteiger partial charge on any atom is -0.492 e. The van der Waals surface area contributed by atoms with Crippen LogP contribution in [-0.4, -0.2) is 79.5 Å². The average molecular weight is 441 g/mol. The summed E-state index contributed by atoms with van der Waals surface area (Å²) in [6.45, 7) is 10.3. The fourth-order valence-electron chi connectivity index (χ4n) is 3.73. The van der Waals surface area contributed by atoms with Crippen molar-refractivity contribution in [3.05, 3.63) is 28.8 Å². The van der Waals surface area contributed by atoms with Crippen molar-refractivity contribution in [1.82, 2.24) is 15.1 Å². The maximum Gasteiger partial charge on any atom is 0.122 e. The van der Waals surface area contributed by atoms with Crippen LogP contribution in [0.15, 0.2) is 18.2 Å². The van der Waals surface area contributed by atoms with Crippen LogP contribution in [0.5, 0.6) is 5.75 Å². The first-order valence-corrected chi connectivity index (χ1v) is 9.69. The van der Waals surface area contributed by atoms with E-state index in [0.717, 1.165) is 81.5 Å². The molecule has 27 heavy (non-hydrogen) atoms. The molecule has 0 aromatic heterocycles. The van der Waals surface area contributed by atoms with Crippen molar-refractivity contribution in [1.29, 1.82) is 0 Å². The summed E-state index contributed by atoms with van der Waals surface area (Å²) in [5, 5.41) is 14.7. The molecule has 1 unspecified atom stereocenters. The van der Waals surface area contributed by atoms with E-state index in [2.05, 4.69) is 15.1 Å². The van der Waals surface area contributed by atoms with Crippen LogP contribution in [0, 0.1) is 6.92 Å². The molecule has 0 saturated carbocycles. The summed E-state index contributed by atoms with van der Waals surface area (Å²) in [5.74, 6) is 0.912. The molecule has 0 radical (unpaired) electrons. The number of piperazine rings is 1. The maximum absolute atomic E-state index is 10.7. The quantitative estimate of drug-likeness (QED) is 0.712. The number of piperidine rings is 1. The van der Waals surface area contributed by atoms with E-state index in [1.807, 2.05) is 25.1 Å². The normalized spacial score (nSPS) is 24.0. The third-order valence-electron chi connectivity index (χ3n) is 5.23. The Bertz CT molecular complexity index is 563. The Morgan fingerprint density at radius 1 is 1.19 bits per heavy atom. The Balaban J connectivity index is 0.00000182. The number of rotatable bonds is 6. The third kappa shape index (κ3) is 7.58. The predicted molar refractivity (Wildman–Crippen MR) is 116 cm³/mol. The number of ether oxygens (including phenoxy) is 1. The van der Waals surface area contributed by atoms with Gasteiger partial charge in [0.05, 0.1) is 5.60 Å². The number of nitrogens with one attached hydrogen (secondary N) is 1. The van der Waals surface area contributed by atoms with Crippen LogP contribution in [0.4, 0.5) is 0 Å². The van der Waals surface area contributed by atoms with Gasteiger partial charge in [0.25, 0.3) is 0 Å². The highest BCUT2D eigenvalue weighted by atomic mass is 35.5. The van der Waals surface area contributed by atoms with Crippen LogP contribution in [-0.2, 0) is 0 Å². The second-order valence-corrected chi connectivity index (χ2v) is 7.82. The van der Waals surface area contributed by atoms with E-state index in [0.29, 0.717) is 6.61 Å². The Kier molecular flexibility index (Phi) is 10.7. The van der Waals surface area contributed by atoms with E-state index < -0.39 is 5.60 Å². The molecular formula is C19H32Cl3N3O2. The molecule has 1 aromatic rings. The number of benzene rings is 1. The SMILES string of the molecule is Cc1cc(Cl)ccc1OCCN1CCN(CC2(O)CCCNC2)CC1.Cl.Cl. The Hall–Kier alpha value is -0.270. The first-order chi connectivity index (χ1) is 12.0.